The minimum atomic E-state index is -3.58. The van der Waals surface area contributed by atoms with Gasteiger partial charge >= 0.3 is 0 Å². The van der Waals surface area contributed by atoms with Gasteiger partial charge in [-0.05, 0) is 30.7 Å². The number of sulfonamides is 1. The quantitative estimate of drug-likeness (QED) is 0.693. The molecule has 0 aromatic heterocycles. The summed E-state index contributed by atoms with van der Waals surface area (Å²) in [6, 6.07) is 15.4. The van der Waals surface area contributed by atoms with E-state index in [-0.39, 0.29) is 4.90 Å². The second-order valence-corrected chi connectivity index (χ2v) is 9.01. The average molecular weight is 439 g/mol. The molecule has 0 amide bonds. The largest absolute Gasteiger partial charge is 0.492 e. The maximum Gasteiger partial charge on any atom is 0.246 e. The number of hydrogen-bond acceptors (Lipinski definition) is 4. The molecule has 0 unspecified atom stereocenters. The molecule has 0 aliphatic carbocycles. The minimum Gasteiger partial charge on any atom is -0.492 e. The molecule has 5 nitrogen and oxygen atoms in total. The second-order valence-electron chi connectivity index (χ2n) is 6.19. The van der Waals surface area contributed by atoms with Gasteiger partial charge in [0.05, 0.1) is 6.61 Å². The number of nitrogens with zero attached hydrogens (tertiary/aromatic N) is 2. The third kappa shape index (κ3) is 4.46. The third-order valence-electron chi connectivity index (χ3n) is 4.40. The molecule has 2 aromatic rings. The van der Waals surface area contributed by atoms with Crippen molar-refractivity contribution in [2.75, 3.05) is 32.8 Å². The Morgan fingerprint density at radius 3 is 2.38 bits per heavy atom. The number of ether oxygens (including phenoxy) is 1. The number of rotatable bonds is 6. The van der Waals surface area contributed by atoms with E-state index in [1.807, 2.05) is 25.1 Å². The topological polar surface area (TPSA) is 49.9 Å². The SMILES string of the molecule is CCOc1ccc(Br)cc1S(=O)(=O)N1CCN(Cc2ccccc2)CC1. The standard InChI is InChI=1S/C19H23BrN2O3S/c1-2-25-18-9-8-17(20)14-19(18)26(23,24)22-12-10-21(11-13-22)15-16-6-4-3-5-7-16/h3-9,14H,2,10-13,15H2,1H3. The molecule has 1 fully saturated rings. The molecule has 7 heteroatoms. The molecule has 0 bridgehead atoms. The first kappa shape index (κ1) is 19.4. The minimum absolute atomic E-state index is 0.227. The summed E-state index contributed by atoms with van der Waals surface area (Å²) in [5.41, 5.74) is 1.24. The van der Waals surface area contributed by atoms with Gasteiger partial charge in [-0.3, -0.25) is 4.90 Å². The first-order valence-electron chi connectivity index (χ1n) is 8.69. The van der Waals surface area contributed by atoms with Gasteiger partial charge in [0, 0.05) is 37.2 Å². The molecule has 0 spiro atoms. The zero-order valence-corrected chi connectivity index (χ0v) is 17.2. The van der Waals surface area contributed by atoms with E-state index in [9.17, 15) is 8.42 Å². The molecular formula is C19H23BrN2O3S. The van der Waals surface area contributed by atoms with Crippen LogP contribution in [0.3, 0.4) is 0 Å². The number of hydrogen-bond donors (Lipinski definition) is 0. The van der Waals surface area contributed by atoms with E-state index in [0.29, 0.717) is 38.5 Å². The van der Waals surface area contributed by atoms with Gasteiger partial charge in [0.15, 0.2) is 0 Å². The van der Waals surface area contributed by atoms with Gasteiger partial charge in [0.2, 0.25) is 10.0 Å². The van der Waals surface area contributed by atoms with Gasteiger partial charge < -0.3 is 4.74 Å². The van der Waals surface area contributed by atoms with Crippen molar-refractivity contribution < 1.29 is 13.2 Å². The summed E-state index contributed by atoms with van der Waals surface area (Å²) in [6.45, 7) is 5.50. The Morgan fingerprint density at radius 2 is 1.73 bits per heavy atom. The lowest BCUT2D eigenvalue weighted by molar-refractivity contribution is 0.181. The molecule has 0 saturated carbocycles. The van der Waals surface area contributed by atoms with Crippen LogP contribution in [0.5, 0.6) is 5.75 Å². The monoisotopic (exact) mass is 438 g/mol. The van der Waals surface area contributed by atoms with E-state index < -0.39 is 10.0 Å². The zero-order chi connectivity index (χ0) is 18.6. The predicted octanol–water partition coefficient (Wildman–Crippen LogP) is 3.35. The fourth-order valence-electron chi connectivity index (χ4n) is 3.07. The molecular weight excluding hydrogens is 416 g/mol. The van der Waals surface area contributed by atoms with E-state index in [0.717, 1.165) is 11.0 Å². The van der Waals surface area contributed by atoms with E-state index >= 15 is 0 Å². The Labute approximate surface area is 163 Å². The van der Waals surface area contributed by atoms with Crippen LogP contribution in [0.4, 0.5) is 0 Å². The van der Waals surface area contributed by atoms with Crippen molar-refractivity contribution in [3.8, 4) is 5.75 Å². The van der Waals surface area contributed by atoms with Gasteiger partial charge in [0.25, 0.3) is 0 Å². The van der Waals surface area contributed by atoms with Crippen LogP contribution in [0.25, 0.3) is 0 Å². The van der Waals surface area contributed by atoms with Crippen LogP contribution in [0.15, 0.2) is 57.9 Å². The van der Waals surface area contributed by atoms with Crippen LogP contribution in [-0.4, -0.2) is 50.4 Å². The summed E-state index contributed by atoms with van der Waals surface area (Å²) >= 11 is 3.36. The maximum absolute atomic E-state index is 13.1. The molecule has 0 N–H and O–H groups in total. The molecule has 0 radical (unpaired) electrons. The van der Waals surface area contributed by atoms with Gasteiger partial charge in [-0.2, -0.15) is 4.31 Å². The highest BCUT2D eigenvalue weighted by molar-refractivity contribution is 9.10. The van der Waals surface area contributed by atoms with Crippen LogP contribution in [-0.2, 0) is 16.6 Å². The van der Waals surface area contributed by atoms with Crippen LogP contribution < -0.4 is 4.74 Å². The molecule has 26 heavy (non-hydrogen) atoms. The van der Waals surface area contributed by atoms with Gasteiger partial charge in [-0.1, -0.05) is 46.3 Å². The Hall–Kier alpha value is -1.41. The highest BCUT2D eigenvalue weighted by Gasteiger charge is 2.31. The van der Waals surface area contributed by atoms with Gasteiger partial charge in [-0.25, -0.2) is 8.42 Å². The van der Waals surface area contributed by atoms with Gasteiger partial charge in [0.1, 0.15) is 10.6 Å². The normalized spacial score (nSPS) is 16.5. The van der Waals surface area contributed by atoms with Crippen molar-refractivity contribution in [1.29, 1.82) is 0 Å². The summed E-state index contributed by atoms with van der Waals surface area (Å²) in [5, 5.41) is 0. The van der Waals surface area contributed by atoms with Gasteiger partial charge in [-0.15, -0.1) is 0 Å². The number of halogens is 1. The second kappa shape index (κ2) is 8.52. The average Bonchev–Trinajstić information content (AvgIpc) is 2.64. The van der Waals surface area contributed by atoms with Crippen LogP contribution >= 0.6 is 15.9 Å². The zero-order valence-electron chi connectivity index (χ0n) is 14.8. The van der Waals surface area contributed by atoms with Crippen molar-refractivity contribution in [2.45, 2.75) is 18.4 Å². The fourth-order valence-corrected chi connectivity index (χ4v) is 5.16. The van der Waals surface area contributed by atoms with E-state index in [4.69, 9.17) is 4.74 Å². The smallest absolute Gasteiger partial charge is 0.246 e. The molecule has 140 valence electrons. The molecule has 1 saturated heterocycles. The van der Waals surface area contributed by atoms with Crippen molar-refractivity contribution in [2.24, 2.45) is 0 Å². The number of piperazine rings is 1. The van der Waals surface area contributed by atoms with E-state index in [1.54, 1.807) is 22.5 Å². The van der Waals surface area contributed by atoms with Crippen LogP contribution in [0.1, 0.15) is 12.5 Å². The van der Waals surface area contributed by atoms with Crippen LogP contribution in [0, 0.1) is 0 Å². The van der Waals surface area contributed by atoms with Crippen molar-refractivity contribution in [1.82, 2.24) is 9.21 Å². The summed E-state index contributed by atoms with van der Waals surface area (Å²) in [7, 11) is -3.58. The molecule has 2 aromatic carbocycles. The lowest BCUT2D eigenvalue weighted by Gasteiger charge is -2.34. The van der Waals surface area contributed by atoms with E-state index in [2.05, 4.69) is 33.0 Å². The fraction of sp³-hybridized carbons (Fsp3) is 0.368. The lowest BCUT2D eigenvalue weighted by atomic mass is 10.2. The van der Waals surface area contributed by atoms with Crippen molar-refractivity contribution in [3.63, 3.8) is 0 Å². The highest BCUT2D eigenvalue weighted by atomic mass is 79.9. The molecule has 3 rings (SSSR count). The Balaban J connectivity index is 1.71. The van der Waals surface area contributed by atoms with E-state index in [1.165, 1.54) is 5.56 Å². The Kier molecular flexibility index (Phi) is 6.34. The summed E-state index contributed by atoms with van der Waals surface area (Å²) in [6.07, 6.45) is 0. The number of benzene rings is 2. The first-order valence-corrected chi connectivity index (χ1v) is 10.9. The molecule has 1 heterocycles. The molecule has 1 aliphatic heterocycles. The molecule has 1 aliphatic rings. The lowest BCUT2D eigenvalue weighted by Crippen LogP contribution is -2.48. The third-order valence-corrected chi connectivity index (χ3v) is 6.82. The summed E-state index contributed by atoms with van der Waals surface area (Å²) in [5.74, 6) is 0.405. The summed E-state index contributed by atoms with van der Waals surface area (Å²) < 4.78 is 34.0. The highest BCUT2D eigenvalue weighted by Crippen LogP contribution is 2.30. The van der Waals surface area contributed by atoms with Crippen molar-refractivity contribution >= 4 is 26.0 Å². The Bertz CT molecular complexity index is 835. The Morgan fingerprint density at radius 1 is 1.04 bits per heavy atom. The molecule has 0 atom stereocenters. The first-order chi connectivity index (χ1) is 12.5. The summed E-state index contributed by atoms with van der Waals surface area (Å²) in [4.78, 5) is 2.51. The maximum atomic E-state index is 13.1. The predicted molar refractivity (Wildman–Crippen MR) is 106 cm³/mol. The van der Waals surface area contributed by atoms with Crippen LogP contribution in [0.2, 0.25) is 0 Å². The van der Waals surface area contributed by atoms with Crippen molar-refractivity contribution in [3.05, 3.63) is 58.6 Å².